The summed E-state index contributed by atoms with van der Waals surface area (Å²) < 4.78 is 0. The second kappa shape index (κ2) is 8.13. The molecule has 2 nitrogen and oxygen atoms in total. The third-order valence-corrected chi connectivity index (χ3v) is 5.00. The van der Waals surface area contributed by atoms with Crippen LogP contribution in [0.5, 0.6) is 0 Å². The predicted molar refractivity (Wildman–Crippen MR) is 105 cm³/mol. The molecule has 0 aliphatic rings. The number of benzene rings is 2. The number of aryl methyl sites for hydroxylation is 1. The summed E-state index contributed by atoms with van der Waals surface area (Å²) in [5, 5.41) is 0. The summed E-state index contributed by atoms with van der Waals surface area (Å²) in [4.78, 5) is 17.8. The molecule has 0 N–H and O–H groups in total. The second-order valence-electron chi connectivity index (χ2n) is 6.09. The summed E-state index contributed by atoms with van der Waals surface area (Å²) in [6.45, 7) is 1.99. The first-order chi connectivity index (χ1) is 12.2. The molecule has 0 saturated heterocycles. The molecule has 0 spiro atoms. The van der Waals surface area contributed by atoms with E-state index in [4.69, 9.17) is 0 Å². The van der Waals surface area contributed by atoms with E-state index in [0.29, 0.717) is 12.8 Å². The Hall–Kier alpha value is -2.39. The van der Waals surface area contributed by atoms with Gasteiger partial charge in [0, 0.05) is 29.6 Å². The molecular weight excluding hydrogens is 326 g/mol. The van der Waals surface area contributed by atoms with Crippen molar-refractivity contribution in [1.82, 2.24) is 4.98 Å². The van der Waals surface area contributed by atoms with Crippen LogP contribution in [-0.4, -0.2) is 17.0 Å². The smallest absolute Gasteiger partial charge is 0.141 e. The number of thioether (sulfide) groups is 1. The molecule has 25 heavy (non-hydrogen) atoms. The summed E-state index contributed by atoms with van der Waals surface area (Å²) in [5.41, 5.74) is 5.47. The van der Waals surface area contributed by atoms with Crippen LogP contribution in [0.1, 0.15) is 16.8 Å². The van der Waals surface area contributed by atoms with Crippen molar-refractivity contribution in [2.75, 3.05) is 6.26 Å². The SMILES string of the molecule is CSc1ccccc1CC(=O)Cc1ccc(-c2ccnc(C)c2)cc1. The molecule has 0 unspecified atom stereocenters. The normalized spacial score (nSPS) is 10.6. The number of hydrogen-bond acceptors (Lipinski definition) is 3. The van der Waals surface area contributed by atoms with Gasteiger partial charge in [-0.3, -0.25) is 9.78 Å². The van der Waals surface area contributed by atoms with Gasteiger partial charge < -0.3 is 0 Å². The molecule has 0 aliphatic carbocycles. The van der Waals surface area contributed by atoms with E-state index >= 15 is 0 Å². The van der Waals surface area contributed by atoms with Gasteiger partial charge in [-0.05, 0) is 53.6 Å². The number of rotatable bonds is 6. The van der Waals surface area contributed by atoms with Gasteiger partial charge in [-0.1, -0.05) is 42.5 Å². The van der Waals surface area contributed by atoms with Crippen molar-refractivity contribution in [2.45, 2.75) is 24.7 Å². The Kier molecular flexibility index (Phi) is 5.67. The van der Waals surface area contributed by atoms with Gasteiger partial charge in [0.05, 0.1) is 0 Å². The van der Waals surface area contributed by atoms with Crippen LogP contribution in [0.3, 0.4) is 0 Å². The minimum Gasteiger partial charge on any atom is -0.299 e. The van der Waals surface area contributed by atoms with Crippen molar-refractivity contribution in [2.24, 2.45) is 0 Å². The third-order valence-electron chi connectivity index (χ3n) is 4.17. The second-order valence-corrected chi connectivity index (χ2v) is 6.93. The largest absolute Gasteiger partial charge is 0.299 e. The average molecular weight is 347 g/mol. The summed E-state index contributed by atoms with van der Waals surface area (Å²) in [6, 6.07) is 20.4. The van der Waals surface area contributed by atoms with E-state index in [0.717, 1.165) is 27.9 Å². The maximum atomic E-state index is 12.4. The van der Waals surface area contributed by atoms with Crippen LogP contribution >= 0.6 is 11.8 Å². The molecule has 0 atom stereocenters. The van der Waals surface area contributed by atoms with Crippen molar-refractivity contribution < 1.29 is 4.79 Å². The molecule has 0 radical (unpaired) electrons. The average Bonchev–Trinajstić information content (AvgIpc) is 2.63. The number of carbonyl (C=O) groups excluding carboxylic acids is 1. The zero-order valence-corrected chi connectivity index (χ0v) is 15.3. The number of hydrogen-bond donors (Lipinski definition) is 0. The van der Waals surface area contributed by atoms with Crippen molar-refractivity contribution in [3.63, 3.8) is 0 Å². The van der Waals surface area contributed by atoms with Crippen molar-refractivity contribution in [3.05, 3.63) is 83.7 Å². The first kappa shape index (κ1) is 17.4. The highest BCUT2D eigenvalue weighted by Gasteiger charge is 2.09. The van der Waals surface area contributed by atoms with Crippen molar-refractivity contribution in [3.8, 4) is 11.1 Å². The van der Waals surface area contributed by atoms with Gasteiger partial charge in [-0.2, -0.15) is 0 Å². The van der Waals surface area contributed by atoms with Gasteiger partial charge in [-0.25, -0.2) is 0 Å². The lowest BCUT2D eigenvalue weighted by Crippen LogP contribution is -2.07. The van der Waals surface area contributed by atoms with Gasteiger partial charge in [0.25, 0.3) is 0 Å². The van der Waals surface area contributed by atoms with E-state index in [1.165, 1.54) is 4.90 Å². The number of Topliss-reactive ketones (excluding diaryl/α,β-unsaturated/α-hetero) is 1. The van der Waals surface area contributed by atoms with E-state index in [1.54, 1.807) is 11.8 Å². The zero-order chi connectivity index (χ0) is 17.6. The number of ketones is 1. The lowest BCUT2D eigenvalue weighted by Gasteiger charge is -2.07. The van der Waals surface area contributed by atoms with Crippen LogP contribution in [0, 0.1) is 6.92 Å². The molecule has 0 saturated carbocycles. The quantitative estimate of drug-likeness (QED) is 0.579. The van der Waals surface area contributed by atoms with Crippen LogP contribution in [0.2, 0.25) is 0 Å². The van der Waals surface area contributed by atoms with E-state index in [1.807, 2.05) is 55.8 Å². The summed E-state index contributed by atoms with van der Waals surface area (Å²) in [6.07, 6.45) is 4.83. The molecule has 3 heteroatoms. The molecule has 0 amide bonds. The molecule has 0 bridgehead atoms. The van der Waals surface area contributed by atoms with E-state index in [2.05, 4.69) is 29.2 Å². The fraction of sp³-hybridized carbons (Fsp3) is 0.182. The number of pyridine rings is 1. The maximum Gasteiger partial charge on any atom is 0.141 e. The lowest BCUT2D eigenvalue weighted by atomic mass is 10.00. The summed E-state index contributed by atoms with van der Waals surface area (Å²) in [7, 11) is 0. The van der Waals surface area contributed by atoms with Gasteiger partial charge in [0.1, 0.15) is 5.78 Å². The van der Waals surface area contributed by atoms with Crippen molar-refractivity contribution >= 4 is 17.5 Å². The Labute approximate surface area is 153 Å². The Morgan fingerprint density at radius 2 is 1.72 bits per heavy atom. The molecular formula is C22H21NOS. The molecule has 1 heterocycles. The first-order valence-electron chi connectivity index (χ1n) is 8.31. The minimum atomic E-state index is 0.244. The van der Waals surface area contributed by atoms with Crippen LogP contribution in [0.4, 0.5) is 0 Å². The standard InChI is InChI=1S/C22H21NOS/c1-16-13-19(11-12-23-16)18-9-7-17(8-10-18)14-21(24)15-20-5-3-4-6-22(20)25-2/h3-13H,14-15H2,1-2H3. The highest BCUT2D eigenvalue weighted by molar-refractivity contribution is 7.98. The van der Waals surface area contributed by atoms with Gasteiger partial charge in [-0.15, -0.1) is 11.8 Å². The van der Waals surface area contributed by atoms with Crippen LogP contribution in [0.15, 0.2) is 71.8 Å². The number of nitrogens with zero attached hydrogens (tertiary/aromatic N) is 1. The monoisotopic (exact) mass is 347 g/mol. The fourth-order valence-corrected chi connectivity index (χ4v) is 3.51. The molecule has 3 rings (SSSR count). The maximum absolute atomic E-state index is 12.4. The number of aromatic nitrogens is 1. The Bertz CT molecular complexity index is 871. The first-order valence-corrected chi connectivity index (χ1v) is 9.54. The van der Waals surface area contributed by atoms with Crippen LogP contribution in [0.25, 0.3) is 11.1 Å². The van der Waals surface area contributed by atoms with E-state index < -0.39 is 0 Å². The molecule has 0 aliphatic heterocycles. The topological polar surface area (TPSA) is 30.0 Å². The lowest BCUT2D eigenvalue weighted by molar-refractivity contribution is -0.117. The predicted octanol–water partition coefficient (Wildman–Crippen LogP) is 5.13. The molecule has 0 fully saturated rings. The zero-order valence-electron chi connectivity index (χ0n) is 14.5. The Balaban J connectivity index is 1.68. The van der Waals surface area contributed by atoms with E-state index in [-0.39, 0.29) is 5.78 Å². The summed E-state index contributed by atoms with van der Waals surface area (Å²) in [5.74, 6) is 0.244. The van der Waals surface area contributed by atoms with Crippen LogP contribution < -0.4 is 0 Å². The molecule has 126 valence electrons. The Morgan fingerprint density at radius 1 is 0.960 bits per heavy atom. The fourth-order valence-electron chi connectivity index (χ4n) is 2.89. The molecule has 3 aromatic rings. The highest BCUT2D eigenvalue weighted by Crippen LogP contribution is 2.22. The third kappa shape index (κ3) is 4.58. The summed E-state index contributed by atoms with van der Waals surface area (Å²) >= 11 is 1.69. The van der Waals surface area contributed by atoms with E-state index in [9.17, 15) is 4.79 Å². The van der Waals surface area contributed by atoms with Gasteiger partial charge in [0.2, 0.25) is 0 Å². The highest BCUT2D eigenvalue weighted by atomic mass is 32.2. The Morgan fingerprint density at radius 3 is 2.44 bits per heavy atom. The van der Waals surface area contributed by atoms with Crippen molar-refractivity contribution in [1.29, 1.82) is 0 Å². The molecule has 2 aromatic carbocycles. The molecule has 1 aromatic heterocycles. The minimum absolute atomic E-state index is 0.244. The number of carbonyl (C=O) groups is 1. The van der Waals surface area contributed by atoms with Gasteiger partial charge >= 0.3 is 0 Å². The van der Waals surface area contributed by atoms with Gasteiger partial charge in [0.15, 0.2) is 0 Å². The van der Waals surface area contributed by atoms with Crippen LogP contribution in [-0.2, 0) is 17.6 Å².